The molecule has 2 aliphatic rings. The monoisotopic (exact) mass is 721 g/mol. The highest BCUT2D eigenvalue weighted by molar-refractivity contribution is 7.89. The molecule has 5 aromatic rings. The van der Waals surface area contributed by atoms with Gasteiger partial charge in [-0.05, 0) is 49.1 Å². The lowest BCUT2D eigenvalue weighted by atomic mass is 9.91. The van der Waals surface area contributed by atoms with E-state index < -0.39 is 38.1 Å². The number of carbonyl (C=O) groups is 2. The Bertz CT molecular complexity index is 2200. The summed E-state index contributed by atoms with van der Waals surface area (Å²) >= 11 is 12.7. The summed E-state index contributed by atoms with van der Waals surface area (Å²) < 4.78 is 33.1. The van der Waals surface area contributed by atoms with Gasteiger partial charge in [0.2, 0.25) is 17.8 Å². The molecule has 0 aliphatic carbocycles. The number of benzene rings is 2. The molecule has 2 amide bonds. The van der Waals surface area contributed by atoms with E-state index in [4.69, 9.17) is 23.2 Å². The van der Waals surface area contributed by atoms with Crippen LogP contribution in [0.2, 0.25) is 10.0 Å². The van der Waals surface area contributed by atoms with Crippen LogP contribution in [0.5, 0.6) is 5.88 Å². The van der Waals surface area contributed by atoms with E-state index in [-0.39, 0.29) is 53.0 Å². The highest BCUT2D eigenvalue weighted by Gasteiger charge is 2.54. The molecule has 1 fully saturated rings. The van der Waals surface area contributed by atoms with Gasteiger partial charge in [-0.3, -0.25) is 19.5 Å². The lowest BCUT2D eigenvalue weighted by Gasteiger charge is -2.28. The summed E-state index contributed by atoms with van der Waals surface area (Å²) in [6, 6.07) is 11.9. The van der Waals surface area contributed by atoms with Gasteiger partial charge in [-0.25, -0.2) is 28.3 Å². The Balaban J connectivity index is 1.42. The first kappa shape index (κ1) is 32.7. The third kappa shape index (κ3) is 5.71. The average molecular weight is 723 g/mol. The van der Waals surface area contributed by atoms with E-state index in [1.165, 1.54) is 49.1 Å². The molecule has 14 nitrogen and oxygen atoms in total. The molecule has 2 aliphatic heterocycles. The fraction of sp³-hybridized carbons (Fsp3) is 0.250. The first-order valence-corrected chi connectivity index (χ1v) is 17.4. The summed E-state index contributed by atoms with van der Waals surface area (Å²) in [5, 5.41) is 12.5. The molecular weight excluding hydrogens is 693 g/mol. The number of hydrogen-bond donors (Lipinski definition) is 2. The molecule has 49 heavy (non-hydrogen) atoms. The van der Waals surface area contributed by atoms with Gasteiger partial charge in [0.1, 0.15) is 11.9 Å². The van der Waals surface area contributed by atoms with Crippen molar-refractivity contribution in [1.29, 1.82) is 0 Å². The van der Waals surface area contributed by atoms with Gasteiger partial charge in [0.05, 0.1) is 11.9 Å². The molecule has 7 rings (SSSR count). The Kier molecular flexibility index (Phi) is 8.17. The Morgan fingerprint density at radius 2 is 1.65 bits per heavy atom. The SMILES string of the molecule is Cn1cc(O)nc1NC(=O)c1nc2n(c1S(=O)(=O)N1CCCC1)[C@](C)(Cc1ccc(-c3cncnc3)cc1)C(=O)N2c1cc(Cl)cc(Cl)c1. The summed E-state index contributed by atoms with van der Waals surface area (Å²) in [6.45, 7) is 2.09. The molecule has 0 radical (unpaired) electrons. The van der Waals surface area contributed by atoms with Gasteiger partial charge >= 0.3 is 0 Å². The minimum Gasteiger partial charge on any atom is -0.492 e. The number of aryl methyl sites for hydroxylation is 1. The van der Waals surface area contributed by atoms with Gasteiger partial charge in [-0.1, -0.05) is 47.5 Å². The Labute approximate surface area is 291 Å². The number of aromatic nitrogens is 6. The smallest absolute Gasteiger partial charge is 0.279 e. The van der Waals surface area contributed by atoms with E-state index in [0.717, 1.165) is 11.1 Å². The number of nitrogens with one attached hydrogen (secondary N) is 1. The van der Waals surface area contributed by atoms with Crippen LogP contribution in [0, 0.1) is 0 Å². The Hall–Kier alpha value is -4.83. The van der Waals surface area contributed by atoms with Crippen molar-refractivity contribution in [2.24, 2.45) is 7.05 Å². The topological polar surface area (TPSA) is 168 Å². The first-order valence-electron chi connectivity index (χ1n) is 15.2. The van der Waals surface area contributed by atoms with Crippen LogP contribution in [0.25, 0.3) is 11.1 Å². The normalized spacial score (nSPS) is 17.9. The van der Waals surface area contributed by atoms with E-state index in [1.807, 2.05) is 24.3 Å². The summed E-state index contributed by atoms with van der Waals surface area (Å²) in [7, 11) is -2.84. The van der Waals surface area contributed by atoms with Crippen LogP contribution in [0.3, 0.4) is 0 Å². The molecular formula is C32H29Cl2N9O5S. The molecule has 252 valence electrons. The van der Waals surface area contributed by atoms with Crippen LogP contribution in [0.4, 0.5) is 17.6 Å². The number of fused-ring (bicyclic) bond motifs is 1. The third-order valence-electron chi connectivity index (χ3n) is 8.63. The van der Waals surface area contributed by atoms with Crippen LogP contribution in [-0.4, -0.2) is 71.8 Å². The fourth-order valence-electron chi connectivity index (χ4n) is 6.30. The molecule has 0 spiro atoms. The number of rotatable bonds is 8. The summed E-state index contributed by atoms with van der Waals surface area (Å²) in [4.78, 5) is 46.5. The van der Waals surface area contributed by atoms with E-state index in [2.05, 4.69) is 25.3 Å². The van der Waals surface area contributed by atoms with Crippen LogP contribution in [-0.2, 0) is 33.8 Å². The van der Waals surface area contributed by atoms with Gasteiger partial charge in [0, 0.05) is 54.6 Å². The molecule has 17 heteroatoms. The minimum absolute atomic E-state index is 0.0301. The van der Waals surface area contributed by atoms with Crippen LogP contribution in [0.1, 0.15) is 35.8 Å². The molecule has 0 bridgehead atoms. The molecule has 1 saturated heterocycles. The number of halogens is 2. The van der Waals surface area contributed by atoms with E-state index in [9.17, 15) is 23.1 Å². The highest BCUT2D eigenvalue weighted by atomic mass is 35.5. The number of hydrogen-bond acceptors (Lipinski definition) is 9. The number of imidazole rings is 2. The Morgan fingerprint density at radius 1 is 1.00 bits per heavy atom. The van der Waals surface area contributed by atoms with Gasteiger partial charge in [0.15, 0.2) is 10.7 Å². The maximum atomic E-state index is 14.7. The lowest BCUT2D eigenvalue weighted by Crippen LogP contribution is -2.43. The zero-order chi connectivity index (χ0) is 34.7. The maximum absolute atomic E-state index is 14.7. The fourth-order valence-corrected chi connectivity index (χ4v) is 8.69. The van der Waals surface area contributed by atoms with Crippen LogP contribution >= 0.6 is 23.2 Å². The third-order valence-corrected chi connectivity index (χ3v) is 11.0. The number of sulfonamides is 1. The van der Waals surface area contributed by atoms with Gasteiger partial charge in [-0.2, -0.15) is 9.29 Å². The van der Waals surface area contributed by atoms with Crippen molar-refractivity contribution in [2.75, 3.05) is 23.3 Å². The number of anilines is 3. The van der Waals surface area contributed by atoms with Crippen molar-refractivity contribution in [2.45, 2.75) is 36.8 Å². The van der Waals surface area contributed by atoms with Crippen molar-refractivity contribution in [3.8, 4) is 17.0 Å². The van der Waals surface area contributed by atoms with Gasteiger partial charge < -0.3 is 9.67 Å². The maximum Gasteiger partial charge on any atom is 0.279 e. The largest absolute Gasteiger partial charge is 0.492 e. The molecule has 1 atom stereocenters. The van der Waals surface area contributed by atoms with Crippen molar-refractivity contribution in [3.63, 3.8) is 0 Å². The zero-order valence-corrected chi connectivity index (χ0v) is 28.5. The highest BCUT2D eigenvalue weighted by Crippen LogP contribution is 2.46. The summed E-state index contributed by atoms with van der Waals surface area (Å²) in [5.41, 5.74) is 0.553. The van der Waals surface area contributed by atoms with Crippen LogP contribution < -0.4 is 10.2 Å². The number of amides is 2. The van der Waals surface area contributed by atoms with Gasteiger partial charge in [-0.15, -0.1) is 0 Å². The number of carbonyl (C=O) groups excluding carboxylic acids is 2. The Morgan fingerprint density at radius 3 is 2.27 bits per heavy atom. The molecule has 0 saturated carbocycles. The minimum atomic E-state index is -4.39. The summed E-state index contributed by atoms with van der Waals surface area (Å²) in [5.74, 6) is -1.90. The standard InChI is InChI=1S/C32H29Cl2N9O5S/c1-32(14-19-5-7-20(8-6-19)21-15-35-18-36-16-21)29(46)42(24-12-22(33)11-23(34)13-24)31-38-26(27(45)39-30-37-25(44)17-40(30)2)28(43(31)32)49(47,48)41-9-3-4-10-41/h5-8,11-13,15-18,44H,3-4,9-10,14H2,1-2H3,(H,37,39,45)/t32-/m1/s1. The molecule has 2 N–H and O–H groups in total. The van der Waals surface area contributed by atoms with Crippen molar-refractivity contribution >= 4 is 62.6 Å². The first-order chi connectivity index (χ1) is 23.4. The molecule has 2 aromatic carbocycles. The second-order valence-electron chi connectivity index (χ2n) is 12.0. The quantitative estimate of drug-likeness (QED) is 0.230. The average Bonchev–Trinajstić information content (AvgIpc) is 3.84. The zero-order valence-electron chi connectivity index (χ0n) is 26.2. The molecule has 0 unspecified atom stereocenters. The lowest BCUT2D eigenvalue weighted by molar-refractivity contribution is -0.124. The van der Waals surface area contributed by atoms with E-state index in [0.29, 0.717) is 18.4 Å². The van der Waals surface area contributed by atoms with Crippen molar-refractivity contribution < 1.29 is 23.1 Å². The molecule has 3 aromatic heterocycles. The summed E-state index contributed by atoms with van der Waals surface area (Å²) in [6.07, 6.45) is 7.39. The predicted molar refractivity (Wildman–Crippen MR) is 181 cm³/mol. The number of nitrogens with zero attached hydrogens (tertiary/aromatic N) is 8. The van der Waals surface area contributed by atoms with Crippen LogP contribution in [0.15, 0.2) is 72.4 Å². The second-order valence-corrected chi connectivity index (χ2v) is 14.8. The van der Waals surface area contributed by atoms with Crippen molar-refractivity contribution in [1.82, 2.24) is 33.4 Å². The van der Waals surface area contributed by atoms with E-state index >= 15 is 0 Å². The van der Waals surface area contributed by atoms with Crippen molar-refractivity contribution in [3.05, 3.63) is 88.7 Å². The van der Waals surface area contributed by atoms with E-state index in [1.54, 1.807) is 26.4 Å². The molecule has 5 heterocycles. The second kappa shape index (κ2) is 12.2. The van der Waals surface area contributed by atoms with Gasteiger partial charge in [0.25, 0.3) is 21.8 Å². The number of aromatic hydroxyl groups is 1. The predicted octanol–water partition coefficient (Wildman–Crippen LogP) is 4.76.